The van der Waals surface area contributed by atoms with E-state index < -0.39 is 5.82 Å². The lowest BCUT2D eigenvalue weighted by atomic mass is 10.1. The Kier molecular flexibility index (Phi) is 6.14. The quantitative estimate of drug-likeness (QED) is 0.675. The van der Waals surface area contributed by atoms with Crippen LogP contribution in [0.3, 0.4) is 0 Å². The Morgan fingerprint density at radius 1 is 1.03 bits per heavy atom. The third-order valence-electron chi connectivity index (χ3n) is 4.65. The number of carbonyl (C=O) groups is 1. The van der Waals surface area contributed by atoms with Crippen molar-refractivity contribution in [3.63, 3.8) is 0 Å². The molecule has 2 heterocycles. The van der Waals surface area contributed by atoms with Crippen LogP contribution in [0.15, 0.2) is 60.7 Å². The zero-order chi connectivity index (χ0) is 20.8. The molecule has 1 saturated heterocycles. The van der Waals surface area contributed by atoms with Crippen molar-refractivity contribution in [1.82, 2.24) is 10.2 Å². The van der Waals surface area contributed by atoms with E-state index >= 15 is 0 Å². The molecule has 0 saturated carbocycles. The summed E-state index contributed by atoms with van der Waals surface area (Å²) in [6, 6.07) is 17.1. The number of nitrogens with zero attached hydrogens (tertiary/aromatic N) is 3. The van der Waals surface area contributed by atoms with Crippen LogP contribution in [0.4, 0.5) is 15.9 Å². The molecule has 0 spiro atoms. The summed E-state index contributed by atoms with van der Waals surface area (Å²) in [6.07, 6.45) is 0. The molecule has 0 aliphatic carbocycles. The number of ether oxygens (including phenoxy) is 2. The number of para-hydroxylation sites is 1. The number of hydrogen-bond donors (Lipinski definition) is 1. The number of aromatic nitrogens is 2. The van der Waals surface area contributed by atoms with Crippen molar-refractivity contribution in [3.05, 3.63) is 66.5 Å². The number of anilines is 2. The van der Waals surface area contributed by atoms with Crippen molar-refractivity contribution in [2.75, 3.05) is 43.1 Å². The molecule has 0 radical (unpaired) electrons. The maximum Gasteiger partial charge on any atom is 0.262 e. The second-order valence-corrected chi connectivity index (χ2v) is 6.72. The van der Waals surface area contributed by atoms with Gasteiger partial charge < -0.3 is 19.7 Å². The largest absolute Gasteiger partial charge is 0.481 e. The summed E-state index contributed by atoms with van der Waals surface area (Å²) in [5.41, 5.74) is 2.24. The molecule has 3 aromatic rings. The van der Waals surface area contributed by atoms with Gasteiger partial charge in [0.1, 0.15) is 0 Å². The van der Waals surface area contributed by atoms with Crippen LogP contribution in [0.1, 0.15) is 0 Å². The smallest absolute Gasteiger partial charge is 0.262 e. The molecule has 1 aliphatic rings. The zero-order valence-corrected chi connectivity index (χ0v) is 16.3. The lowest BCUT2D eigenvalue weighted by Gasteiger charge is -2.27. The van der Waals surface area contributed by atoms with Gasteiger partial charge in [-0.15, -0.1) is 10.2 Å². The molecule has 0 unspecified atom stereocenters. The Morgan fingerprint density at radius 2 is 1.80 bits per heavy atom. The SMILES string of the molecule is O=C(COc1ccccc1F)Nc1ccc(-c2ccc(N3CCOCC3)nn2)cc1. The van der Waals surface area contributed by atoms with E-state index in [2.05, 4.69) is 20.4 Å². The number of morpholine rings is 1. The van der Waals surface area contributed by atoms with Crippen LogP contribution in [0, 0.1) is 5.82 Å². The summed E-state index contributed by atoms with van der Waals surface area (Å²) in [5.74, 6) is -0.000977. The fourth-order valence-electron chi connectivity index (χ4n) is 3.07. The number of benzene rings is 2. The topological polar surface area (TPSA) is 76.6 Å². The molecule has 0 bridgehead atoms. The van der Waals surface area contributed by atoms with Crippen LogP contribution in [-0.4, -0.2) is 49.0 Å². The van der Waals surface area contributed by atoms with Gasteiger partial charge >= 0.3 is 0 Å². The first-order valence-corrected chi connectivity index (χ1v) is 9.63. The number of nitrogens with one attached hydrogen (secondary N) is 1. The van der Waals surface area contributed by atoms with E-state index in [4.69, 9.17) is 9.47 Å². The van der Waals surface area contributed by atoms with Crippen molar-refractivity contribution < 1.29 is 18.7 Å². The molecular weight excluding hydrogens is 387 g/mol. The Bertz CT molecular complexity index is 990. The molecule has 4 rings (SSSR count). The Hall–Kier alpha value is -3.52. The minimum absolute atomic E-state index is 0.0436. The second-order valence-electron chi connectivity index (χ2n) is 6.72. The van der Waals surface area contributed by atoms with E-state index in [9.17, 15) is 9.18 Å². The highest BCUT2D eigenvalue weighted by Gasteiger charge is 2.13. The van der Waals surface area contributed by atoms with E-state index in [0.717, 1.165) is 30.2 Å². The minimum Gasteiger partial charge on any atom is -0.481 e. The van der Waals surface area contributed by atoms with E-state index in [1.54, 1.807) is 24.3 Å². The predicted molar refractivity (Wildman–Crippen MR) is 111 cm³/mol. The second kappa shape index (κ2) is 9.32. The Labute approximate surface area is 173 Å². The summed E-state index contributed by atoms with van der Waals surface area (Å²) in [6.45, 7) is 2.73. The Morgan fingerprint density at radius 3 is 2.50 bits per heavy atom. The van der Waals surface area contributed by atoms with Crippen molar-refractivity contribution in [2.24, 2.45) is 0 Å². The lowest BCUT2D eigenvalue weighted by molar-refractivity contribution is -0.118. The average Bonchev–Trinajstić information content (AvgIpc) is 2.80. The van der Waals surface area contributed by atoms with Gasteiger partial charge in [-0.05, 0) is 36.4 Å². The molecule has 8 heteroatoms. The molecule has 2 aromatic carbocycles. The number of carbonyl (C=O) groups excluding carboxylic acids is 1. The first kappa shape index (κ1) is 19.8. The molecule has 7 nitrogen and oxygen atoms in total. The first-order chi connectivity index (χ1) is 14.7. The maximum absolute atomic E-state index is 13.5. The fourth-order valence-corrected chi connectivity index (χ4v) is 3.07. The Balaban J connectivity index is 1.33. The van der Waals surface area contributed by atoms with Crippen LogP contribution < -0.4 is 15.0 Å². The number of hydrogen-bond acceptors (Lipinski definition) is 6. The van der Waals surface area contributed by atoms with E-state index in [1.807, 2.05) is 24.3 Å². The predicted octanol–water partition coefficient (Wildman–Crippen LogP) is 3.14. The van der Waals surface area contributed by atoms with Gasteiger partial charge in [0, 0.05) is 24.3 Å². The molecular formula is C22H21FN4O3. The van der Waals surface area contributed by atoms with Crippen molar-refractivity contribution in [1.29, 1.82) is 0 Å². The monoisotopic (exact) mass is 408 g/mol. The molecule has 1 amide bonds. The van der Waals surface area contributed by atoms with E-state index in [0.29, 0.717) is 18.9 Å². The minimum atomic E-state index is -0.504. The summed E-state index contributed by atoms with van der Waals surface area (Å²) < 4.78 is 24.1. The number of halogens is 1. The van der Waals surface area contributed by atoms with Crippen LogP contribution in [0.2, 0.25) is 0 Å². The van der Waals surface area contributed by atoms with Gasteiger partial charge in [-0.25, -0.2) is 4.39 Å². The molecule has 1 N–H and O–H groups in total. The van der Waals surface area contributed by atoms with Gasteiger partial charge in [-0.1, -0.05) is 24.3 Å². The molecule has 0 atom stereocenters. The van der Waals surface area contributed by atoms with Crippen LogP contribution in [-0.2, 0) is 9.53 Å². The van der Waals surface area contributed by atoms with Crippen LogP contribution in [0.5, 0.6) is 5.75 Å². The van der Waals surface area contributed by atoms with Crippen LogP contribution >= 0.6 is 0 Å². The molecule has 30 heavy (non-hydrogen) atoms. The number of rotatable bonds is 6. The van der Waals surface area contributed by atoms with Gasteiger partial charge in [0.25, 0.3) is 5.91 Å². The highest BCUT2D eigenvalue weighted by Crippen LogP contribution is 2.21. The summed E-state index contributed by atoms with van der Waals surface area (Å²) >= 11 is 0. The van der Waals surface area contributed by atoms with Crippen molar-refractivity contribution in [3.8, 4) is 17.0 Å². The standard InChI is InChI=1S/C22H21FN4O3/c23-18-3-1-2-4-20(18)30-15-22(28)24-17-7-5-16(6-8-17)19-9-10-21(26-25-19)27-11-13-29-14-12-27/h1-10H,11-15H2,(H,24,28). The molecule has 1 fully saturated rings. The molecule has 154 valence electrons. The summed E-state index contributed by atoms with van der Waals surface area (Å²) in [4.78, 5) is 14.2. The molecule has 1 aromatic heterocycles. The van der Waals surface area contributed by atoms with E-state index in [1.165, 1.54) is 12.1 Å². The van der Waals surface area contributed by atoms with Gasteiger partial charge in [0.2, 0.25) is 0 Å². The number of amides is 1. The molecule has 1 aliphatic heterocycles. The summed E-state index contributed by atoms with van der Waals surface area (Å²) in [7, 11) is 0. The third-order valence-corrected chi connectivity index (χ3v) is 4.65. The van der Waals surface area contributed by atoms with Crippen LogP contribution in [0.25, 0.3) is 11.3 Å². The highest BCUT2D eigenvalue weighted by molar-refractivity contribution is 5.92. The lowest BCUT2D eigenvalue weighted by Crippen LogP contribution is -2.36. The highest BCUT2D eigenvalue weighted by atomic mass is 19.1. The maximum atomic E-state index is 13.5. The normalized spacial score (nSPS) is 13.7. The van der Waals surface area contributed by atoms with Gasteiger partial charge in [-0.3, -0.25) is 4.79 Å². The fraction of sp³-hybridized carbons (Fsp3) is 0.227. The van der Waals surface area contributed by atoms with Gasteiger partial charge in [0.15, 0.2) is 24.0 Å². The third kappa shape index (κ3) is 4.90. The average molecular weight is 408 g/mol. The van der Waals surface area contributed by atoms with Crippen molar-refractivity contribution in [2.45, 2.75) is 0 Å². The van der Waals surface area contributed by atoms with Gasteiger partial charge in [0.05, 0.1) is 18.9 Å². The van der Waals surface area contributed by atoms with E-state index in [-0.39, 0.29) is 18.3 Å². The van der Waals surface area contributed by atoms with Crippen molar-refractivity contribution >= 4 is 17.4 Å². The van der Waals surface area contributed by atoms with Gasteiger partial charge in [-0.2, -0.15) is 0 Å². The first-order valence-electron chi connectivity index (χ1n) is 9.63. The summed E-state index contributed by atoms with van der Waals surface area (Å²) in [5, 5.41) is 11.3. The zero-order valence-electron chi connectivity index (χ0n) is 16.3.